The fourth-order valence-electron chi connectivity index (χ4n) is 1.64. The van der Waals surface area contributed by atoms with Crippen molar-refractivity contribution in [1.29, 1.82) is 0 Å². The van der Waals surface area contributed by atoms with Crippen molar-refractivity contribution < 1.29 is 4.79 Å². The topological polar surface area (TPSA) is 17.1 Å². The van der Waals surface area contributed by atoms with Gasteiger partial charge in [-0.3, -0.25) is 4.79 Å². The highest BCUT2D eigenvalue weighted by atomic mass is 32.2. The summed E-state index contributed by atoms with van der Waals surface area (Å²) in [7, 11) is 0. The zero-order valence-corrected chi connectivity index (χ0v) is 9.37. The van der Waals surface area contributed by atoms with Crippen molar-refractivity contribution in [3.8, 4) is 0 Å². The highest BCUT2D eigenvalue weighted by molar-refractivity contribution is 8.00. The van der Waals surface area contributed by atoms with Crippen LogP contribution in [0.3, 0.4) is 0 Å². The van der Waals surface area contributed by atoms with Crippen molar-refractivity contribution in [2.75, 3.05) is 11.5 Å². The van der Waals surface area contributed by atoms with Gasteiger partial charge in [0.15, 0.2) is 0 Å². The van der Waals surface area contributed by atoms with E-state index in [0.717, 1.165) is 12.2 Å². The Morgan fingerprint density at radius 2 is 2.13 bits per heavy atom. The van der Waals surface area contributed by atoms with Crippen LogP contribution in [0.1, 0.15) is 12.0 Å². The Bertz CT molecular complexity index is 356. The van der Waals surface area contributed by atoms with E-state index in [1.807, 2.05) is 18.2 Å². The van der Waals surface area contributed by atoms with Crippen LogP contribution in [-0.2, 0) is 4.79 Å². The lowest BCUT2D eigenvalue weighted by Gasteiger charge is -2.01. The van der Waals surface area contributed by atoms with Crippen LogP contribution in [0.15, 0.2) is 36.4 Å². The second-order valence-corrected chi connectivity index (χ2v) is 4.76. The summed E-state index contributed by atoms with van der Waals surface area (Å²) in [6.07, 6.45) is 5.10. The van der Waals surface area contributed by atoms with Gasteiger partial charge in [-0.25, -0.2) is 0 Å². The van der Waals surface area contributed by atoms with Crippen LogP contribution >= 0.6 is 11.8 Å². The molecular weight excluding hydrogens is 204 g/mol. The van der Waals surface area contributed by atoms with E-state index in [1.54, 1.807) is 11.8 Å². The molecule has 1 fully saturated rings. The van der Waals surface area contributed by atoms with E-state index in [-0.39, 0.29) is 5.92 Å². The fourth-order valence-corrected chi connectivity index (χ4v) is 2.81. The van der Waals surface area contributed by atoms with Crippen LogP contribution in [0, 0.1) is 5.92 Å². The quantitative estimate of drug-likeness (QED) is 0.775. The molecule has 1 aliphatic heterocycles. The third-order valence-electron chi connectivity index (χ3n) is 2.55. The molecule has 0 radical (unpaired) electrons. The number of benzene rings is 1. The number of allylic oxidation sites excluding steroid dienone is 1. The lowest BCUT2D eigenvalue weighted by molar-refractivity contribution is -0.119. The largest absolute Gasteiger partial charge is 0.298 e. The molecular formula is C13H14OS. The van der Waals surface area contributed by atoms with Gasteiger partial charge in [0.05, 0.1) is 5.75 Å². The van der Waals surface area contributed by atoms with Crippen molar-refractivity contribution in [3.63, 3.8) is 0 Å². The first kappa shape index (κ1) is 10.5. The summed E-state index contributed by atoms with van der Waals surface area (Å²) in [6.45, 7) is 0. The van der Waals surface area contributed by atoms with E-state index in [2.05, 4.69) is 24.3 Å². The molecule has 1 aliphatic rings. The molecule has 0 saturated carbocycles. The number of carbonyl (C=O) groups excluding carboxylic acids is 1. The molecule has 1 aromatic carbocycles. The first-order valence-corrected chi connectivity index (χ1v) is 6.34. The summed E-state index contributed by atoms with van der Waals surface area (Å²) < 4.78 is 0. The van der Waals surface area contributed by atoms with Crippen molar-refractivity contribution >= 4 is 23.6 Å². The van der Waals surface area contributed by atoms with Gasteiger partial charge in [-0.1, -0.05) is 42.5 Å². The zero-order valence-electron chi connectivity index (χ0n) is 8.56. The molecule has 0 aliphatic carbocycles. The van der Waals surface area contributed by atoms with Crippen LogP contribution in [0.5, 0.6) is 0 Å². The molecule has 1 atom stereocenters. The minimum Gasteiger partial charge on any atom is -0.298 e. The average Bonchev–Trinajstić information content (AvgIpc) is 2.66. The normalized spacial score (nSPS) is 21.3. The van der Waals surface area contributed by atoms with Crippen LogP contribution in [-0.4, -0.2) is 17.3 Å². The summed E-state index contributed by atoms with van der Waals surface area (Å²) >= 11 is 1.75. The van der Waals surface area contributed by atoms with Crippen molar-refractivity contribution in [1.82, 2.24) is 0 Å². The zero-order chi connectivity index (χ0) is 10.5. The number of hydrogen-bond acceptors (Lipinski definition) is 2. The van der Waals surface area contributed by atoms with Crippen LogP contribution in [0.2, 0.25) is 0 Å². The Labute approximate surface area is 94.6 Å². The summed E-state index contributed by atoms with van der Waals surface area (Å²) in [4.78, 5) is 11.4. The Morgan fingerprint density at radius 3 is 2.80 bits per heavy atom. The molecule has 1 heterocycles. The summed E-state index contributed by atoms with van der Waals surface area (Å²) in [5.41, 5.74) is 1.20. The first-order valence-electron chi connectivity index (χ1n) is 5.18. The number of rotatable bonds is 3. The fraction of sp³-hybridized carbons (Fsp3) is 0.308. The van der Waals surface area contributed by atoms with E-state index in [4.69, 9.17) is 0 Å². The molecule has 1 aromatic rings. The highest BCUT2D eigenvalue weighted by Crippen LogP contribution is 2.23. The third-order valence-corrected chi connectivity index (χ3v) is 3.68. The Balaban J connectivity index is 1.88. The van der Waals surface area contributed by atoms with Gasteiger partial charge in [-0.2, -0.15) is 11.8 Å². The maximum absolute atomic E-state index is 11.4. The Kier molecular flexibility index (Phi) is 3.62. The second kappa shape index (κ2) is 5.17. The Hall–Kier alpha value is -1.02. The van der Waals surface area contributed by atoms with Gasteiger partial charge in [0.1, 0.15) is 5.78 Å². The van der Waals surface area contributed by atoms with E-state index in [1.165, 1.54) is 5.56 Å². The third kappa shape index (κ3) is 2.96. The highest BCUT2D eigenvalue weighted by Gasteiger charge is 2.23. The molecule has 0 amide bonds. The lowest BCUT2D eigenvalue weighted by Crippen LogP contribution is -2.09. The average molecular weight is 218 g/mol. The van der Waals surface area contributed by atoms with Gasteiger partial charge < -0.3 is 0 Å². The SMILES string of the molecule is O=C1CSCC1C/C=C/c1ccccc1. The number of Topliss-reactive ketones (excluding diaryl/α,β-unsaturated/α-hetero) is 1. The number of hydrogen-bond donors (Lipinski definition) is 0. The molecule has 0 aromatic heterocycles. The molecule has 2 rings (SSSR count). The molecule has 0 bridgehead atoms. The molecule has 0 spiro atoms. The van der Waals surface area contributed by atoms with Crippen LogP contribution < -0.4 is 0 Å². The number of ketones is 1. The van der Waals surface area contributed by atoms with E-state index in [9.17, 15) is 4.79 Å². The summed E-state index contributed by atoms with van der Waals surface area (Å²) in [5.74, 6) is 2.38. The van der Waals surface area contributed by atoms with Crippen molar-refractivity contribution in [2.24, 2.45) is 5.92 Å². The molecule has 15 heavy (non-hydrogen) atoms. The van der Waals surface area contributed by atoms with Crippen LogP contribution in [0.4, 0.5) is 0 Å². The van der Waals surface area contributed by atoms with Crippen molar-refractivity contribution in [2.45, 2.75) is 6.42 Å². The smallest absolute Gasteiger partial charge is 0.146 e. The van der Waals surface area contributed by atoms with Crippen molar-refractivity contribution in [3.05, 3.63) is 42.0 Å². The van der Waals surface area contributed by atoms with E-state index in [0.29, 0.717) is 11.5 Å². The first-order chi connectivity index (χ1) is 7.36. The molecule has 0 N–H and O–H groups in total. The lowest BCUT2D eigenvalue weighted by atomic mass is 10.0. The second-order valence-electron chi connectivity index (χ2n) is 3.73. The number of thioether (sulfide) groups is 1. The van der Waals surface area contributed by atoms with Gasteiger partial charge in [-0.05, 0) is 12.0 Å². The minimum atomic E-state index is 0.259. The van der Waals surface area contributed by atoms with Gasteiger partial charge in [0.25, 0.3) is 0 Å². The summed E-state index contributed by atoms with van der Waals surface area (Å²) in [5, 5.41) is 0. The van der Waals surface area contributed by atoms with Gasteiger partial charge in [-0.15, -0.1) is 0 Å². The molecule has 1 nitrogen and oxygen atoms in total. The minimum absolute atomic E-state index is 0.259. The van der Waals surface area contributed by atoms with E-state index < -0.39 is 0 Å². The molecule has 1 unspecified atom stereocenters. The molecule has 2 heteroatoms. The standard InChI is InChI=1S/C13H14OS/c14-13-10-15-9-12(13)8-4-7-11-5-2-1-3-6-11/h1-7,12H,8-10H2/b7-4+. The van der Waals surface area contributed by atoms with E-state index >= 15 is 0 Å². The monoisotopic (exact) mass is 218 g/mol. The Morgan fingerprint density at radius 1 is 1.33 bits per heavy atom. The summed E-state index contributed by atoms with van der Waals surface area (Å²) in [6, 6.07) is 10.2. The van der Waals surface area contributed by atoms with Gasteiger partial charge in [0.2, 0.25) is 0 Å². The predicted molar refractivity (Wildman–Crippen MR) is 65.9 cm³/mol. The molecule has 78 valence electrons. The maximum Gasteiger partial charge on any atom is 0.146 e. The van der Waals surface area contributed by atoms with Gasteiger partial charge >= 0.3 is 0 Å². The molecule has 1 saturated heterocycles. The maximum atomic E-state index is 11.4. The van der Waals surface area contributed by atoms with Crippen LogP contribution in [0.25, 0.3) is 6.08 Å². The van der Waals surface area contributed by atoms with Gasteiger partial charge in [0, 0.05) is 11.7 Å². The number of carbonyl (C=O) groups is 1. The predicted octanol–water partition coefficient (Wildman–Crippen LogP) is 3.02.